The summed E-state index contributed by atoms with van der Waals surface area (Å²) in [4.78, 5) is 4.12. The van der Waals surface area contributed by atoms with Crippen molar-refractivity contribution < 1.29 is 8.78 Å². The summed E-state index contributed by atoms with van der Waals surface area (Å²) in [7, 11) is 0. The fourth-order valence-electron chi connectivity index (χ4n) is 2.14. The number of aryl methyl sites for hydroxylation is 1. The second-order valence-electron chi connectivity index (χ2n) is 4.64. The van der Waals surface area contributed by atoms with Crippen LogP contribution in [0.25, 0.3) is 11.0 Å². The van der Waals surface area contributed by atoms with Gasteiger partial charge < -0.3 is 0 Å². The molecule has 6 heteroatoms. The molecular weight excluding hydrogens is 274 g/mol. The Morgan fingerprint density at radius 3 is 2.71 bits per heavy atom. The van der Waals surface area contributed by atoms with Gasteiger partial charge in [-0.05, 0) is 19.1 Å². The van der Waals surface area contributed by atoms with E-state index in [4.69, 9.17) is 5.26 Å². The smallest absolute Gasteiger partial charge is 0.172 e. The molecule has 0 amide bonds. The van der Waals surface area contributed by atoms with Crippen molar-refractivity contribution in [1.29, 1.82) is 5.26 Å². The maximum Gasteiger partial charge on any atom is 0.172 e. The SMILES string of the molecule is Cc1nc2c(cc1F)c(C#N)nn2Cc1ccccc1F. The van der Waals surface area contributed by atoms with Gasteiger partial charge in [-0.3, -0.25) is 0 Å². The van der Waals surface area contributed by atoms with Gasteiger partial charge in [-0.2, -0.15) is 10.4 Å². The van der Waals surface area contributed by atoms with E-state index in [0.717, 1.165) is 0 Å². The lowest BCUT2D eigenvalue weighted by atomic mass is 10.2. The highest BCUT2D eigenvalue weighted by Gasteiger charge is 2.15. The summed E-state index contributed by atoms with van der Waals surface area (Å²) < 4.78 is 28.7. The van der Waals surface area contributed by atoms with E-state index < -0.39 is 5.82 Å². The van der Waals surface area contributed by atoms with Gasteiger partial charge in [0.05, 0.1) is 17.6 Å². The molecule has 0 spiro atoms. The summed E-state index contributed by atoms with van der Waals surface area (Å²) in [5, 5.41) is 13.5. The summed E-state index contributed by atoms with van der Waals surface area (Å²) in [5.41, 5.74) is 1.08. The van der Waals surface area contributed by atoms with Crippen LogP contribution in [0.3, 0.4) is 0 Å². The van der Waals surface area contributed by atoms with Gasteiger partial charge >= 0.3 is 0 Å². The third-order valence-corrected chi connectivity index (χ3v) is 3.24. The molecule has 2 heterocycles. The first-order valence-corrected chi connectivity index (χ1v) is 6.27. The molecule has 0 bridgehead atoms. The van der Waals surface area contributed by atoms with Crippen molar-refractivity contribution in [3.05, 3.63) is 58.9 Å². The predicted molar refractivity (Wildman–Crippen MR) is 72.4 cm³/mol. The average Bonchev–Trinajstić information content (AvgIpc) is 2.79. The van der Waals surface area contributed by atoms with E-state index in [2.05, 4.69) is 10.1 Å². The quantitative estimate of drug-likeness (QED) is 0.727. The van der Waals surface area contributed by atoms with Crippen molar-refractivity contribution in [2.75, 3.05) is 0 Å². The molecule has 0 fully saturated rings. The molecule has 2 aromatic heterocycles. The molecule has 3 rings (SSSR count). The van der Waals surface area contributed by atoms with E-state index in [1.807, 2.05) is 6.07 Å². The molecule has 104 valence electrons. The molecule has 0 aliphatic carbocycles. The van der Waals surface area contributed by atoms with Crippen molar-refractivity contribution in [3.8, 4) is 6.07 Å². The van der Waals surface area contributed by atoms with Crippen LogP contribution >= 0.6 is 0 Å². The average molecular weight is 284 g/mol. The van der Waals surface area contributed by atoms with Crippen LogP contribution < -0.4 is 0 Å². The number of rotatable bonds is 2. The zero-order valence-corrected chi connectivity index (χ0v) is 11.1. The highest BCUT2D eigenvalue weighted by atomic mass is 19.1. The van der Waals surface area contributed by atoms with Crippen molar-refractivity contribution in [2.45, 2.75) is 13.5 Å². The Hall–Kier alpha value is -2.81. The molecule has 0 aliphatic rings. The first-order valence-electron chi connectivity index (χ1n) is 6.27. The van der Waals surface area contributed by atoms with Gasteiger partial charge in [-0.15, -0.1) is 0 Å². The number of pyridine rings is 1. The summed E-state index contributed by atoms with van der Waals surface area (Å²) in [6.07, 6.45) is 0. The number of nitriles is 1. The number of nitrogens with zero attached hydrogens (tertiary/aromatic N) is 4. The molecule has 4 nitrogen and oxygen atoms in total. The normalized spacial score (nSPS) is 10.8. The van der Waals surface area contributed by atoms with E-state index in [-0.39, 0.29) is 23.7 Å². The first kappa shape index (κ1) is 13.2. The second kappa shape index (κ2) is 4.94. The van der Waals surface area contributed by atoms with Crippen molar-refractivity contribution in [3.63, 3.8) is 0 Å². The molecule has 0 radical (unpaired) electrons. The van der Waals surface area contributed by atoms with Crippen LogP contribution in [0, 0.1) is 29.9 Å². The Balaban J connectivity index is 2.17. The van der Waals surface area contributed by atoms with Gasteiger partial charge in [-0.1, -0.05) is 18.2 Å². The minimum atomic E-state index is -0.496. The van der Waals surface area contributed by atoms with Gasteiger partial charge in [0.1, 0.15) is 17.7 Å². The van der Waals surface area contributed by atoms with Crippen LogP contribution in [0.15, 0.2) is 30.3 Å². The minimum absolute atomic E-state index is 0.0766. The van der Waals surface area contributed by atoms with Gasteiger partial charge in [0, 0.05) is 5.56 Å². The maximum absolute atomic E-state index is 13.7. The van der Waals surface area contributed by atoms with Crippen LogP contribution in [0.1, 0.15) is 17.0 Å². The lowest BCUT2D eigenvalue weighted by Crippen LogP contribution is -2.05. The van der Waals surface area contributed by atoms with E-state index in [9.17, 15) is 8.78 Å². The van der Waals surface area contributed by atoms with E-state index in [1.54, 1.807) is 18.2 Å². The monoisotopic (exact) mass is 284 g/mol. The Kier molecular flexibility index (Phi) is 3.10. The number of hydrogen-bond acceptors (Lipinski definition) is 3. The summed E-state index contributed by atoms with van der Waals surface area (Å²) in [5.74, 6) is -0.858. The summed E-state index contributed by atoms with van der Waals surface area (Å²) >= 11 is 0. The molecule has 0 aliphatic heterocycles. The molecule has 0 saturated carbocycles. The Labute approximate surface area is 119 Å². The number of fused-ring (bicyclic) bond motifs is 1. The zero-order valence-electron chi connectivity index (χ0n) is 11.1. The van der Waals surface area contributed by atoms with Crippen LogP contribution in [0.5, 0.6) is 0 Å². The van der Waals surface area contributed by atoms with Crippen LogP contribution in [0.4, 0.5) is 8.78 Å². The first-order chi connectivity index (χ1) is 10.1. The third kappa shape index (κ3) is 2.23. The number of aromatic nitrogens is 3. The third-order valence-electron chi connectivity index (χ3n) is 3.24. The van der Waals surface area contributed by atoms with E-state index in [1.165, 1.54) is 23.7 Å². The van der Waals surface area contributed by atoms with Crippen molar-refractivity contribution >= 4 is 11.0 Å². The van der Waals surface area contributed by atoms with Crippen molar-refractivity contribution in [1.82, 2.24) is 14.8 Å². The van der Waals surface area contributed by atoms with E-state index in [0.29, 0.717) is 16.6 Å². The summed E-state index contributed by atoms with van der Waals surface area (Å²) in [6, 6.07) is 9.44. The Morgan fingerprint density at radius 1 is 1.24 bits per heavy atom. The molecule has 1 aromatic carbocycles. The van der Waals surface area contributed by atoms with Gasteiger partial charge in [-0.25, -0.2) is 18.4 Å². The maximum atomic E-state index is 13.7. The van der Waals surface area contributed by atoms with Crippen molar-refractivity contribution in [2.24, 2.45) is 0 Å². The fourth-order valence-corrected chi connectivity index (χ4v) is 2.14. The van der Waals surface area contributed by atoms with Crippen LogP contribution in [-0.2, 0) is 6.54 Å². The largest absolute Gasteiger partial charge is 0.241 e. The topological polar surface area (TPSA) is 54.5 Å². The van der Waals surface area contributed by atoms with Crippen LogP contribution in [-0.4, -0.2) is 14.8 Å². The molecular formula is C15H10F2N4. The standard InChI is InChI=1S/C15H10F2N4/c1-9-13(17)6-11-14(7-18)20-21(15(11)19-9)8-10-4-2-3-5-12(10)16/h2-6H,8H2,1H3. The van der Waals surface area contributed by atoms with E-state index >= 15 is 0 Å². The predicted octanol–water partition coefficient (Wildman–Crippen LogP) is 2.94. The molecule has 21 heavy (non-hydrogen) atoms. The minimum Gasteiger partial charge on any atom is -0.241 e. The van der Waals surface area contributed by atoms with Crippen LogP contribution in [0.2, 0.25) is 0 Å². The molecule has 0 unspecified atom stereocenters. The number of benzene rings is 1. The Bertz CT molecular complexity index is 877. The molecule has 0 atom stereocenters. The second-order valence-corrected chi connectivity index (χ2v) is 4.64. The summed E-state index contributed by atoms with van der Waals surface area (Å²) in [6.45, 7) is 1.66. The molecule has 0 N–H and O–H groups in total. The lowest BCUT2D eigenvalue weighted by molar-refractivity contribution is 0.587. The number of hydrogen-bond donors (Lipinski definition) is 0. The van der Waals surface area contributed by atoms with Gasteiger partial charge in [0.2, 0.25) is 0 Å². The molecule has 0 saturated heterocycles. The zero-order chi connectivity index (χ0) is 15.0. The molecule has 3 aromatic rings. The highest BCUT2D eigenvalue weighted by molar-refractivity contribution is 5.81. The lowest BCUT2D eigenvalue weighted by Gasteiger charge is -2.05. The Morgan fingerprint density at radius 2 is 2.00 bits per heavy atom. The highest BCUT2D eigenvalue weighted by Crippen LogP contribution is 2.20. The van der Waals surface area contributed by atoms with Gasteiger partial charge in [0.15, 0.2) is 11.3 Å². The number of halogens is 2. The fraction of sp³-hybridized carbons (Fsp3) is 0.133. The van der Waals surface area contributed by atoms with Gasteiger partial charge in [0.25, 0.3) is 0 Å².